The molecule has 6 heteroatoms. The van der Waals surface area contributed by atoms with Crippen molar-refractivity contribution in [2.75, 3.05) is 49.6 Å². The zero-order chi connectivity index (χ0) is 19.2. The van der Waals surface area contributed by atoms with Crippen LogP contribution in [0, 0.1) is 0 Å². The largest absolute Gasteiger partial charge is 0.368 e. The van der Waals surface area contributed by atoms with Gasteiger partial charge in [-0.1, -0.05) is 31.0 Å². The SMILES string of the molecule is CCCCN(C)C(=O)c1cc(N2CCN(c3cccc(Cl)c3)CC2)ccn1. The van der Waals surface area contributed by atoms with Gasteiger partial charge in [0.25, 0.3) is 5.91 Å². The number of carbonyl (C=O) groups is 1. The van der Waals surface area contributed by atoms with Crippen molar-refractivity contribution < 1.29 is 4.79 Å². The Morgan fingerprint density at radius 2 is 1.78 bits per heavy atom. The van der Waals surface area contributed by atoms with E-state index < -0.39 is 0 Å². The number of anilines is 2. The zero-order valence-electron chi connectivity index (χ0n) is 16.1. The minimum atomic E-state index is -0.0112. The predicted octanol–water partition coefficient (Wildman–Crippen LogP) is 3.93. The van der Waals surface area contributed by atoms with E-state index >= 15 is 0 Å². The van der Waals surface area contributed by atoms with Crippen molar-refractivity contribution >= 4 is 28.9 Å². The number of nitrogens with zero attached hydrogens (tertiary/aromatic N) is 4. The highest BCUT2D eigenvalue weighted by Crippen LogP contribution is 2.23. The van der Waals surface area contributed by atoms with Crippen molar-refractivity contribution in [3.63, 3.8) is 0 Å². The van der Waals surface area contributed by atoms with Gasteiger partial charge < -0.3 is 14.7 Å². The summed E-state index contributed by atoms with van der Waals surface area (Å²) < 4.78 is 0. The van der Waals surface area contributed by atoms with Crippen LogP contribution in [-0.2, 0) is 0 Å². The summed E-state index contributed by atoms with van der Waals surface area (Å²) in [5, 5.41) is 0.763. The van der Waals surface area contributed by atoms with Gasteiger partial charge in [-0.15, -0.1) is 0 Å². The van der Waals surface area contributed by atoms with Crippen molar-refractivity contribution in [1.29, 1.82) is 0 Å². The highest BCUT2D eigenvalue weighted by Gasteiger charge is 2.20. The summed E-state index contributed by atoms with van der Waals surface area (Å²) >= 11 is 6.11. The summed E-state index contributed by atoms with van der Waals surface area (Å²) in [4.78, 5) is 23.3. The van der Waals surface area contributed by atoms with Gasteiger partial charge >= 0.3 is 0 Å². The molecular formula is C21H27ClN4O. The van der Waals surface area contributed by atoms with E-state index in [2.05, 4.69) is 27.8 Å². The lowest BCUT2D eigenvalue weighted by Crippen LogP contribution is -2.46. The van der Waals surface area contributed by atoms with Crippen LogP contribution < -0.4 is 9.80 Å². The Hall–Kier alpha value is -2.27. The van der Waals surface area contributed by atoms with Gasteiger partial charge in [-0.05, 0) is 36.8 Å². The number of hydrogen-bond acceptors (Lipinski definition) is 4. The van der Waals surface area contributed by atoms with Gasteiger partial charge in [0, 0.05) is 62.4 Å². The van der Waals surface area contributed by atoms with Crippen LogP contribution in [0.15, 0.2) is 42.6 Å². The van der Waals surface area contributed by atoms with Crippen molar-refractivity contribution in [2.24, 2.45) is 0 Å². The third-order valence-corrected chi connectivity index (χ3v) is 5.21. The van der Waals surface area contributed by atoms with Crippen molar-refractivity contribution in [2.45, 2.75) is 19.8 Å². The first-order chi connectivity index (χ1) is 13.1. The molecule has 0 aliphatic carbocycles. The van der Waals surface area contributed by atoms with Crippen molar-refractivity contribution in [3.8, 4) is 0 Å². The molecule has 27 heavy (non-hydrogen) atoms. The zero-order valence-corrected chi connectivity index (χ0v) is 16.8. The van der Waals surface area contributed by atoms with Crippen LogP contribution >= 0.6 is 11.6 Å². The average Bonchev–Trinajstić information content (AvgIpc) is 2.71. The second-order valence-corrected chi connectivity index (χ2v) is 7.37. The third-order valence-electron chi connectivity index (χ3n) is 4.97. The number of benzene rings is 1. The third kappa shape index (κ3) is 4.92. The van der Waals surface area contributed by atoms with Crippen LogP contribution in [0.1, 0.15) is 30.3 Å². The number of carbonyl (C=O) groups excluding carboxylic acids is 1. The monoisotopic (exact) mass is 386 g/mol. The molecule has 1 aromatic heterocycles. The molecule has 0 atom stereocenters. The molecule has 0 radical (unpaired) electrons. The van der Waals surface area contributed by atoms with E-state index in [-0.39, 0.29) is 5.91 Å². The fraction of sp³-hybridized carbons (Fsp3) is 0.429. The molecule has 1 amide bonds. The molecule has 0 bridgehead atoms. The molecule has 3 rings (SSSR count). The van der Waals surface area contributed by atoms with E-state index in [1.54, 1.807) is 11.1 Å². The molecule has 0 unspecified atom stereocenters. The van der Waals surface area contributed by atoms with E-state index in [0.29, 0.717) is 5.69 Å². The van der Waals surface area contributed by atoms with Gasteiger partial charge in [-0.2, -0.15) is 0 Å². The maximum atomic E-state index is 12.6. The topological polar surface area (TPSA) is 39.7 Å². The van der Waals surface area contributed by atoms with Crippen LogP contribution in [0.5, 0.6) is 0 Å². The fourth-order valence-corrected chi connectivity index (χ4v) is 3.51. The lowest BCUT2D eigenvalue weighted by atomic mass is 10.2. The lowest BCUT2D eigenvalue weighted by Gasteiger charge is -2.37. The summed E-state index contributed by atoms with van der Waals surface area (Å²) in [5.74, 6) is -0.0112. The summed E-state index contributed by atoms with van der Waals surface area (Å²) in [6.07, 6.45) is 3.81. The first-order valence-corrected chi connectivity index (χ1v) is 9.93. The van der Waals surface area contributed by atoms with Gasteiger partial charge in [0.05, 0.1) is 0 Å². The number of hydrogen-bond donors (Lipinski definition) is 0. The smallest absolute Gasteiger partial charge is 0.272 e. The highest BCUT2D eigenvalue weighted by atomic mass is 35.5. The minimum Gasteiger partial charge on any atom is -0.368 e. The molecule has 0 N–H and O–H groups in total. The Balaban J connectivity index is 1.64. The van der Waals surface area contributed by atoms with E-state index in [1.165, 1.54) is 0 Å². The summed E-state index contributed by atoms with van der Waals surface area (Å²) in [7, 11) is 1.84. The van der Waals surface area contributed by atoms with E-state index in [4.69, 9.17) is 11.6 Å². The standard InChI is InChI=1S/C21H27ClN4O/c1-3-4-10-24(2)21(27)20-16-19(8-9-23-20)26-13-11-25(12-14-26)18-7-5-6-17(22)15-18/h5-9,15-16H,3-4,10-14H2,1-2H3. The van der Waals surface area contributed by atoms with Gasteiger partial charge in [0.2, 0.25) is 0 Å². The molecule has 1 fully saturated rings. The Morgan fingerprint density at radius 1 is 1.11 bits per heavy atom. The van der Waals surface area contributed by atoms with Gasteiger partial charge in [0.1, 0.15) is 5.69 Å². The molecule has 5 nitrogen and oxygen atoms in total. The summed E-state index contributed by atoms with van der Waals surface area (Å²) in [6, 6.07) is 11.9. The van der Waals surface area contributed by atoms with Crippen LogP contribution in [-0.4, -0.2) is 55.6 Å². The second-order valence-electron chi connectivity index (χ2n) is 6.93. The molecule has 0 saturated carbocycles. The minimum absolute atomic E-state index is 0.0112. The highest BCUT2D eigenvalue weighted by molar-refractivity contribution is 6.30. The first kappa shape index (κ1) is 19.5. The molecular weight excluding hydrogens is 360 g/mol. The second kappa shape index (κ2) is 9.09. The van der Waals surface area contributed by atoms with Crippen molar-refractivity contribution in [1.82, 2.24) is 9.88 Å². The van der Waals surface area contributed by atoms with Gasteiger partial charge in [-0.25, -0.2) is 0 Å². The Bertz CT molecular complexity index is 774. The van der Waals surface area contributed by atoms with Gasteiger partial charge in [-0.3, -0.25) is 9.78 Å². The van der Waals surface area contributed by atoms with E-state index in [9.17, 15) is 4.79 Å². The summed E-state index contributed by atoms with van der Waals surface area (Å²) in [5.41, 5.74) is 2.73. The number of amides is 1. The number of aromatic nitrogens is 1. The number of piperazine rings is 1. The van der Waals surface area contributed by atoms with Gasteiger partial charge in [0.15, 0.2) is 0 Å². The Kier molecular flexibility index (Phi) is 6.56. The molecule has 1 aliphatic rings. The number of unbranched alkanes of at least 4 members (excludes halogenated alkanes) is 1. The van der Waals surface area contributed by atoms with Crippen molar-refractivity contribution in [3.05, 3.63) is 53.3 Å². The lowest BCUT2D eigenvalue weighted by molar-refractivity contribution is 0.0787. The maximum absolute atomic E-state index is 12.6. The van der Waals surface area contributed by atoms with E-state index in [1.807, 2.05) is 37.4 Å². The van der Waals surface area contributed by atoms with Crippen LogP contribution in [0.25, 0.3) is 0 Å². The van der Waals surface area contributed by atoms with Crippen LogP contribution in [0.3, 0.4) is 0 Å². The number of pyridine rings is 1. The maximum Gasteiger partial charge on any atom is 0.272 e. The summed E-state index contributed by atoms with van der Waals surface area (Å²) in [6.45, 7) is 6.52. The molecule has 2 heterocycles. The van der Waals surface area contributed by atoms with E-state index in [0.717, 1.165) is 62.0 Å². The molecule has 1 aliphatic heterocycles. The molecule has 0 spiro atoms. The molecule has 2 aromatic rings. The molecule has 144 valence electrons. The molecule has 1 aromatic carbocycles. The fourth-order valence-electron chi connectivity index (χ4n) is 3.32. The van der Waals surface area contributed by atoms with Crippen LogP contribution in [0.2, 0.25) is 5.02 Å². The number of halogens is 1. The number of rotatable bonds is 6. The quantitative estimate of drug-likeness (QED) is 0.754. The molecule has 1 saturated heterocycles. The normalized spacial score (nSPS) is 14.3. The Labute approximate surface area is 166 Å². The predicted molar refractivity (Wildman–Crippen MR) is 112 cm³/mol. The Morgan fingerprint density at radius 3 is 2.41 bits per heavy atom. The van der Waals surface area contributed by atoms with Crippen LogP contribution in [0.4, 0.5) is 11.4 Å². The first-order valence-electron chi connectivity index (χ1n) is 9.55. The average molecular weight is 387 g/mol.